The van der Waals surface area contributed by atoms with Crippen molar-refractivity contribution in [2.75, 3.05) is 19.6 Å². The Hall–Kier alpha value is -1.91. The molecule has 0 spiro atoms. The van der Waals surface area contributed by atoms with Gasteiger partial charge in [0.1, 0.15) is 5.82 Å². The molecule has 5 heteroatoms. The second-order valence-corrected chi connectivity index (χ2v) is 5.81. The van der Waals surface area contributed by atoms with Gasteiger partial charge in [-0.05, 0) is 30.4 Å². The van der Waals surface area contributed by atoms with Crippen LogP contribution in [-0.2, 0) is 16.0 Å². The first-order chi connectivity index (χ1) is 10.4. The topological polar surface area (TPSA) is 49.4 Å². The van der Waals surface area contributed by atoms with Crippen LogP contribution in [0.2, 0.25) is 0 Å². The van der Waals surface area contributed by atoms with E-state index in [-0.39, 0.29) is 24.2 Å². The number of nitrogens with one attached hydrogen (secondary N) is 1. The monoisotopic (exact) mass is 308 g/mol. The van der Waals surface area contributed by atoms with Gasteiger partial charge in [-0.15, -0.1) is 0 Å². The maximum absolute atomic E-state index is 13.6. The molecule has 0 radical (unpaired) electrons. The van der Waals surface area contributed by atoms with E-state index in [1.165, 1.54) is 17.9 Å². The highest BCUT2D eigenvalue weighted by atomic mass is 19.1. The molecule has 0 fully saturated rings. The summed E-state index contributed by atoms with van der Waals surface area (Å²) in [7, 11) is 0. The van der Waals surface area contributed by atoms with Crippen LogP contribution < -0.4 is 5.32 Å². The lowest BCUT2D eigenvalue weighted by atomic mass is 10.1. The van der Waals surface area contributed by atoms with Gasteiger partial charge in [0.15, 0.2) is 0 Å². The Morgan fingerprint density at radius 2 is 1.95 bits per heavy atom. The number of amides is 2. The fourth-order valence-corrected chi connectivity index (χ4v) is 2.03. The van der Waals surface area contributed by atoms with E-state index in [1.807, 2.05) is 0 Å². The van der Waals surface area contributed by atoms with Crippen molar-refractivity contribution in [2.45, 2.75) is 33.6 Å². The predicted octanol–water partition coefficient (Wildman–Crippen LogP) is 2.38. The molecular weight excluding hydrogens is 283 g/mol. The summed E-state index contributed by atoms with van der Waals surface area (Å²) >= 11 is 0. The molecule has 0 saturated heterocycles. The maximum Gasteiger partial charge on any atom is 0.239 e. The second kappa shape index (κ2) is 9.18. The lowest BCUT2D eigenvalue weighted by molar-refractivity contribution is -0.134. The van der Waals surface area contributed by atoms with Gasteiger partial charge < -0.3 is 10.2 Å². The second-order valence-electron chi connectivity index (χ2n) is 5.81. The van der Waals surface area contributed by atoms with Gasteiger partial charge in [0.25, 0.3) is 0 Å². The summed E-state index contributed by atoms with van der Waals surface area (Å²) < 4.78 is 13.6. The normalized spacial score (nSPS) is 10.6. The molecule has 0 bridgehead atoms. The molecule has 122 valence electrons. The average Bonchev–Trinajstić information content (AvgIpc) is 2.44. The predicted molar refractivity (Wildman–Crippen MR) is 84.8 cm³/mol. The number of benzene rings is 1. The number of nitrogens with zero attached hydrogens (tertiary/aromatic N) is 1. The van der Waals surface area contributed by atoms with Gasteiger partial charge in [0.05, 0.1) is 6.54 Å². The molecule has 1 rings (SSSR count). The molecule has 22 heavy (non-hydrogen) atoms. The van der Waals surface area contributed by atoms with E-state index in [1.54, 1.807) is 18.2 Å². The zero-order valence-corrected chi connectivity index (χ0v) is 13.6. The van der Waals surface area contributed by atoms with Crippen LogP contribution >= 0.6 is 0 Å². The quantitative estimate of drug-likeness (QED) is 0.801. The first kappa shape index (κ1) is 18.1. The highest BCUT2D eigenvalue weighted by molar-refractivity contribution is 5.83. The van der Waals surface area contributed by atoms with Gasteiger partial charge in [0.2, 0.25) is 11.8 Å². The van der Waals surface area contributed by atoms with Crippen molar-refractivity contribution < 1.29 is 14.0 Å². The lowest BCUT2D eigenvalue weighted by Crippen LogP contribution is -2.41. The Labute approximate surface area is 131 Å². The van der Waals surface area contributed by atoms with E-state index in [2.05, 4.69) is 19.2 Å². The molecule has 1 aromatic carbocycles. The number of halogens is 1. The summed E-state index contributed by atoms with van der Waals surface area (Å²) in [5.74, 6) is -0.127. The number of hydrogen-bond donors (Lipinski definition) is 1. The fraction of sp³-hybridized carbons (Fsp3) is 0.529. The minimum absolute atomic E-state index is 0.0158. The molecule has 0 aliphatic carbocycles. The van der Waals surface area contributed by atoms with Gasteiger partial charge in [-0.3, -0.25) is 9.59 Å². The van der Waals surface area contributed by atoms with Crippen molar-refractivity contribution in [1.82, 2.24) is 10.2 Å². The lowest BCUT2D eigenvalue weighted by Gasteiger charge is -2.21. The van der Waals surface area contributed by atoms with Crippen LogP contribution in [0.1, 0.15) is 32.8 Å². The fourth-order valence-electron chi connectivity index (χ4n) is 2.03. The van der Waals surface area contributed by atoms with Crippen molar-refractivity contribution in [1.29, 1.82) is 0 Å². The van der Waals surface area contributed by atoms with Crippen LogP contribution in [0.4, 0.5) is 4.39 Å². The zero-order valence-electron chi connectivity index (χ0n) is 13.6. The zero-order chi connectivity index (χ0) is 16.5. The van der Waals surface area contributed by atoms with Crippen molar-refractivity contribution in [3.63, 3.8) is 0 Å². The summed E-state index contributed by atoms with van der Waals surface area (Å²) in [6.07, 6.45) is 1.30. The molecule has 0 atom stereocenters. The molecule has 0 aromatic heterocycles. The van der Waals surface area contributed by atoms with Gasteiger partial charge in [-0.25, -0.2) is 4.39 Å². The summed E-state index contributed by atoms with van der Waals surface area (Å²) in [6, 6.07) is 6.47. The molecule has 1 N–H and O–H groups in total. The van der Waals surface area contributed by atoms with E-state index in [0.29, 0.717) is 31.0 Å². The van der Waals surface area contributed by atoms with Gasteiger partial charge in [-0.1, -0.05) is 32.0 Å². The molecule has 0 aliphatic rings. The Kier molecular flexibility index (Phi) is 7.57. The van der Waals surface area contributed by atoms with Crippen molar-refractivity contribution in [2.24, 2.45) is 5.92 Å². The summed E-state index contributed by atoms with van der Waals surface area (Å²) in [5.41, 5.74) is 0.550. The van der Waals surface area contributed by atoms with E-state index in [9.17, 15) is 14.0 Å². The van der Waals surface area contributed by atoms with E-state index < -0.39 is 0 Å². The molecule has 0 unspecified atom stereocenters. The Balaban J connectivity index is 2.47. The standard InChI is InChI=1S/C17H25FN2O2/c1-13(2)8-10-19-17(22)12-20(14(3)21)11-9-15-6-4-5-7-16(15)18/h4-7,13H,8-12H2,1-3H3,(H,19,22). The highest BCUT2D eigenvalue weighted by Gasteiger charge is 2.14. The average molecular weight is 308 g/mol. The van der Waals surface area contributed by atoms with E-state index >= 15 is 0 Å². The van der Waals surface area contributed by atoms with Gasteiger partial charge in [0, 0.05) is 20.0 Å². The maximum atomic E-state index is 13.6. The summed E-state index contributed by atoms with van der Waals surface area (Å²) in [4.78, 5) is 24.9. The first-order valence-electron chi connectivity index (χ1n) is 7.65. The van der Waals surface area contributed by atoms with Gasteiger partial charge >= 0.3 is 0 Å². The first-order valence-corrected chi connectivity index (χ1v) is 7.65. The van der Waals surface area contributed by atoms with Crippen LogP contribution in [0, 0.1) is 11.7 Å². The third-order valence-corrected chi connectivity index (χ3v) is 3.43. The summed E-state index contributed by atoms with van der Waals surface area (Å²) in [6.45, 7) is 6.54. The van der Waals surface area contributed by atoms with Crippen molar-refractivity contribution in [3.8, 4) is 0 Å². The number of carbonyl (C=O) groups is 2. The summed E-state index contributed by atoms with van der Waals surface area (Å²) in [5, 5.41) is 2.80. The number of hydrogen-bond acceptors (Lipinski definition) is 2. The minimum atomic E-state index is -0.285. The van der Waals surface area contributed by atoms with Crippen LogP contribution in [0.3, 0.4) is 0 Å². The van der Waals surface area contributed by atoms with Crippen molar-refractivity contribution >= 4 is 11.8 Å². The third kappa shape index (κ3) is 6.70. The van der Waals surface area contributed by atoms with E-state index in [4.69, 9.17) is 0 Å². The molecule has 0 aliphatic heterocycles. The van der Waals surface area contributed by atoms with Crippen molar-refractivity contribution in [3.05, 3.63) is 35.6 Å². The number of rotatable bonds is 8. The SMILES string of the molecule is CC(=O)N(CCc1ccccc1F)CC(=O)NCCC(C)C. The smallest absolute Gasteiger partial charge is 0.239 e. The van der Waals surface area contributed by atoms with Crippen LogP contribution in [0.15, 0.2) is 24.3 Å². The Morgan fingerprint density at radius 3 is 2.55 bits per heavy atom. The largest absolute Gasteiger partial charge is 0.355 e. The van der Waals surface area contributed by atoms with Gasteiger partial charge in [-0.2, -0.15) is 0 Å². The third-order valence-electron chi connectivity index (χ3n) is 3.43. The Morgan fingerprint density at radius 1 is 1.27 bits per heavy atom. The van der Waals surface area contributed by atoms with E-state index in [0.717, 1.165) is 6.42 Å². The molecule has 0 heterocycles. The van der Waals surface area contributed by atoms with Crippen LogP contribution in [0.25, 0.3) is 0 Å². The number of carbonyl (C=O) groups excluding carboxylic acids is 2. The molecule has 2 amide bonds. The molecule has 1 aromatic rings. The molecule has 0 saturated carbocycles. The Bertz CT molecular complexity index is 503. The molecular formula is C17H25FN2O2. The minimum Gasteiger partial charge on any atom is -0.355 e. The van der Waals surface area contributed by atoms with Crippen LogP contribution in [-0.4, -0.2) is 36.3 Å². The van der Waals surface area contributed by atoms with Crippen LogP contribution in [0.5, 0.6) is 0 Å². The highest BCUT2D eigenvalue weighted by Crippen LogP contribution is 2.08. The molecule has 4 nitrogen and oxygen atoms in total.